The minimum atomic E-state index is -0.385. The van der Waals surface area contributed by atoms with Gasteiger partial charge in [-0.1, -0.05) is 59.8 Å². The summed E-state index contributed by atoms with van der Waals surface area (Å²) in [7, 11) is 1.58. The molecule has 2 aliphatic carbocycles. The zero-order valence-corrected chi connectivity index (χ0v) is 16.2. The van der Waals surface area contributed by atoms with Crippen molar-refractivity contribution in [2.45, 2.75) is 24.7 Å². The molecule has 5 rings (SSSR count). The van der Waals surface area contributed by atoms with Crippen molar-refractivity contribution in [2.75, 3.05) is 7.11 Å². The van der Waals surface area contributed by atoms with Crippen LogP contribution in [0.3, 0.4) is 0 Å². The first-order valence-electron chi connectivity index (χ1n) is 9.91. The zero-order chi connectivity index (χ0) is 19.8. The Hall–Kier alpha value is -3.21. The van der Waals surface area contributed by atoms with Gasteiger partial charge >= 0.3 is 0 Å². The van der Waals surface area contributed by atoms with Crippen molar-refractivity contribution >= 4 is 11.8 Å². The fraction of sp³-hybridized carbons (Fsp3) is 0.250. The number of rotatable bonds is 5. The summed E-state index contributed by atoms with van der Waals surface area (Å²) in [4.78, 5) is 5.09. The van der Waals surface area contributed by atoms with Gasteiger partial charge in [-0.3, -0.25) is 5.10 Å². The van der Waals surface area contributed by atoms with E-state index in [2.05, 4.69) is 39.6 Å². The van der Waals surface area contributed by atoms with Gasteiger partial charge in [-0.05, 0) is 36.1 Å². The van der Waals surface area contributed by atoms with Crippen LogP contribution in [0.1, 0.15) is 40.9 Å². The number of oxime groups is 1. The van der Waals surface area contributed by atoms with Crippen LogP contribution in [-0.2, 0) is 16.7 Å². The number of halogens is 1. The fourth-order valence-corrected chi connectivity index (χ4v) is 4.27. The van der Waals surface area contributed by atoms with E-state index in [0.29, 0.717) is 12.3 Å². The molecule has 1 unspecified atom stereocenters. The molecule has 1 fully saturated rings. The molecule has 0 spiro atoms. The molecule has 1 atom stereocenters. The lowest BCUT2D eigenvalue weighted by Gasteiger charge is -2.34. The summed E-state index contributed by atoms with van der Waals surface area (Å²) in [6.45, 7) is 0. The van der Waals surface area contributed by atoms with Crippen LogP contribution in [0.2, 0.25) is 0 Å². The van der Waals surface area contributed by atoms with E-state index < -0.39 is 0 Å². The van der Waals surface area contributed by atoms with Crippen LogP contribution in [0, 0.1) is 11.7 Å². The number of benzene rings is 2. The quantitative estimate of drug-likeness (QED) is 0.502. The van der Waals surface area contributed by atoms with Crippen molar-refractivity contribution in [2.24, 2.45) is 11.1 Å². The molecule has 2 aromatic carbocycles. The van der Waals surface area contributed by atoms with Crippen molar-refractivity contribution in [3.8, 4) is 0 Å². The maximum atomic E-state index is 13.6. The molecule has 0 saturated heterocycles. The maximum Gasteiger partial charge on any atom is 0.123 e. The summed E-state index contributed by atoms with van der Waals surface area (Å²) < 4.78 is 13.6. The summed E-state index contributed by atoms with van der Waals surface area (Å²) in [5, 5.41) is 12.1. The fourth-order valence-electron chi connectivity index (χ4n) is 4.27. The van der Waals surface area contributed by atoms with Crippen molar-refractivity contribution in [3.05, 3.63) is 94.6 Å². The second-order valence-electron chi connectivity index (χ2n) is 7.75. The van der Waals surface area contributed by atoms with Crippen molar-refractivity contribution in [3.63, 3.8) is 0 Å². The van der Waals surface area contributed by atoms with E-state index in [0.717, 1.165) is 46.6 Å². The summed E-state index contributed by atoms with van der Waals surface area (Å²) in [6, 6.07) is 17.1. The number of hydrogen-bond acceptors (Lipinski definition) is 3. The molecule has 0 bridgehead atoms. The summed E-state index contributed by atoms with van der Waals surface area (Å²) >= 11 is 0. The lowest BCUT2D eigenvalue weighted by Crippen LogP contribution is -2.30. The Labute approximate surface area is 169 Å². The van der Waals surface area contributed by atoms with Gasteiger partial charge in [0.05, 0.1) is 0 Å². The van der Waals surface area contributed by atoms with Gasteiger partial charge in [-0.25, -0.2) is 4.39 Å². The molecule has 29 heavy (non-hydrogen) atoms. The summed E-state index contributed by atoms with van der Waals surface area (Å²) in [5.41, 5.74) is 5.75. The lowest BCUT2D eigenvalue weighted by molar-refractivity contribution is 0.212. The molecule has 1 N–H and O–H groups in total. The number of nitrogens with zero attached hydrogens (tertiary/aromatic N) is 2. The number of H-pyrrole nitrogens is 1. The second kappa shape index (κ2) is 6.99. The molecule has 2 aliphatic rings. The Morgan fingerprint density at radius 2 is 1.83 bits per heavy atom. The highest BCUT2D eigenvalue weighted by Crippen LogP contribution is 2.43. The third-order valence-electron chi connectivity index (χ3n) is 5.92. The lowest BCUT2D eigenvalue weighted by atomic mass is 9.68. The molecule has 1 heterocycles. The number of aromatic nitrogens is 2. The Kier molecular flexibility index (Phi) is 4.31. The highest BCUT2D eigenvalue weighted by molar-refractivity contribution is 6.04. The summed E-state index contributed by atoms with van der Waals surface area (Å²) in [6.07, 6.45) is 7.30. The van der Waals surface area contributed by atoms with Gasteiger partial charge in [-0.15, -0.1) is 0 Å². The molecule has 146 valence electrons. The van der Waals surface area contributed by atoms with E-state index in [-0.39, 0.29) is 11.2 Å². The highest BCUT2D eigenvalue weighted by Gasteiger charge is 2.39. The summed E-state index contributed by atoms with van der Waals surface area (Å²) in [5.74, 6) is 0.194. The first kappa shape index (κ1) is 17.9. The number of hydrogen-bond donors (Lipinski definition) is 1. The monoisotopic (exact) mass is 387 g/mol. The van der Waals surface area contributed by atoms with Crippen molar-refractivity contribution < 1.29 is 9.23 Å². The molecule has 1 aromatic heterocycles. The predicted molar refractivity (Wildman–Crippen MR) is 111 cm³/mol. The van der Waals surface area contributed by atoms with Gasteiger partial charge in [0.2, 0.25) is 0 Å². The first-order valence-corrected chi connectivity index (χ1v) is 9.91. The van der Waals surface area contributed by atoms with Gasteiger partial charge in [-0.2, -0.15) is 5.10 Å². The zero-order valence-electron chi connectivity index (χ0n) is 16.2. The van der Waals surface area contributed by atoms with E-state index in [4.69, 9.17) is 4.84 Å². The standard InChI is InChI=1S/C24H22FN3O/c1-29-28-22(16-7-8-16)23-20-13-14-24(15-21(20)26-27-23,17-5-3-2-4-6-17)18-9-11-19(25)12-10-18/h2-6,9-14,16H,7-8,15H2,1H3,(H,26,27). The van der Waals surface area contributed by atoms with Gasteiger partial charge in [0.1, 0.15) is 24.3 Å². The van der Waals surface area contributed by atoms with Crippen LogP contribution >= 0.6 is 0 Å². The van der Waals surface area contributed by atoms with Gasteiger partial charge in [0.25, 0.3) is 0 Å². The number of fused-ring (bicyclic) bond motifs is 1. The van der Waals surface area contributed by atoms with Crippen LogP contribution in [0.5, 0.6) is 0 Å². The van der Waals surface area contributed by atoms with E-state index in [1.165, 1.54) is 12.1 Å². The van der Waals surface area contributed by atoms with Gasteiger partial charge < -0.3 is 4.84 Å². The van der Waals surface area contributed by atoms with Crippen LogP contribution < -0.4 is 0 Å². The van der Waals surface area contributed by atoms with Gasteiger partial charge in [0, 0.05) is 29.0 Å². The van der Waals surface area contributed by atoms with Crippen molar-refractivity contribution in [1.29, 1.82) is 0 Å². The minimum absolute atomic E-state index is 0.230. The number of allylic oxidation sites excluding steroid dienone is 1. The minimum Gasteiger partial charge on any atom is -0.399 e. The Bertz CT molecular complexity index is 1080. The van der Waals surface area contributed by atoms with Crippen LogP contribution in [0.15, 0.2) is 65.8 Å². The highest BCUT2D eigenvalue weighted by atomic mass is 19.1. The van der Waals surface area contributed by atoms with Crippen LogP contribution in [-0.4, -0.2) is 23.0 Å². The third kappa shape index (κ3) is 3.07. The van der Waals surface area contributed by atoms with E-state index in [9.17, 15) is 4.39 Å². The average molecular weight is 387 g/mol. The smallest absolute Gasteiger partial charge is 0.123 e. The SMILES string of the molecule is CON=C(c1n[nH]c2c1C=CC(c1ccccc1)(c1ccc(F)cc1)C2)C1CC1. The Balaban J connectivity index is 1.62. The number of aromatic amines is 1. The molecule has 1 saturated carbocycles. The molecule has 3 aromatic rings. The van der Waals surface area contributed by atoms with Crippen molar-refractivity contribution in [1.82, 2.24) is 10.2 Å². The normalized spacial score (nSPS) is 21.1. The molecular formula is C24H22FN3O. The molecule has 0 radical (unpaired) electrons. The predicted octanol–water partition coefficient (Wildman–Crippen LogP) is 4.86. The second-order valence-corrected chi connectivity index (χ2v) is 7.75. The molecule has 0 amide bonds. The van der Waals surface area contributed by atoms with Crippen LogP contribution in [0.25, 0.3) is 6.08 Å². The molecule has 5 heteroatoms. The van der Waals surface area contributed by atoms with Crippen LogP contribution in [0.4, 0.5) is 4.39 Å². The first-order chi connectivity index (χ1) is 14.2. The van der Waals surface area contributed by atoms with E-state index >= 15 is 0 Å². The Morgan fingerprint density at radius 1 is 1.10 bits per heavy atom. The topological polar surface area (TPSA) is 50.3 Å². The maximum absolute atomic E-state index is 13.6. The number of nitrogens with one attached hydrogen (secondary N) is 1. The average Bonchev–Trinajstić information content (AvgIpc) is 3.52. The molecular weight excluding hydrogens is 365 g/mol. The van der Waals surface area contributed by atoms with E-state index in [1.54, 1.807) is 7.11 Å². The molecule has 0 aliphatic heterocycles. The Morgan fingerprint density at radius 3 is 2.52 bits per heavy atom. The van der Waals surface area contributed by atoms with E-state index in [1.807, 2.05) is 30.3 Å². The van der Waals surface area contributed by atoms with Gasteiger partial charge in [0.15, 0.2) is 0 Å². The molecule has 4 nitrogen and oxygen atoms in total. The third-order valence-corrected chi connectivity index (χ3v) is 5.92. The largest absolute Gasteiger partial charge is 0.399 e.